The Morgan fingerprint density at radius 2 is 1.61 bits per heavy atom. The number of benzene rings is 3. The molecule has 7 nitrogen and oxygen atoms in total. The molecule has 31 heavy (non-hydrogen) atoms. The first-order valence-electron chi connectivity index (χ1n) is 9.32. The summed E-state index contributed by atoms with van der Waals surface area (Å²) in [6.45, 7) is 1.88. The highest BCUT2D eigenvalue weighted by molar-refractivity contribution is 6.46. The lowest BCUT2D eigenvalue weighted by Crippen LogP contribution is -2.32. The molecular weight excluding hydrogens is 401 g/mol. The molecule has 0 saturated carbocycles. The van der Waals surface area contributed by atoms with Gasteiger partial charge >= 0.3 is 0 Å². The van der Waals surface area contributed by atoms with Crippen molar-refractivity contribution in [1.29, 1.82) is 0 Å². The van der Waals surface area contributed by atoms with E-state index in [4.69, 9.17) is 0 Å². The predicted molar refractivity (Wildman–Crippen MR) is 114 cm³/mol. The summed E-state index contributed by atoms with van der Waals surface area (Å²) in [7, 11) is 0. The first-order valence-corrected chi connectivity index (χ1v) is 9.32. The maximum Gasteiger partial charge on any atom is 0.282 e. The number of nitrogens with one attached hydrogen (secondary N) is 1. The number of halogens is 1. The lowest BCUT2D eigenvalue weighted by Gasteiger charge is -2.15. The quantitative estimate of drug-likeness (QED) is 0.376. The summed E-state index contributed by atoms with van der Waals surface area (Å²) in [4.78, 5) is 38.0. The summed E-state index contributed by atoms with van der Waals surface area (Å²) in [5.74, 6) is -1.69. The molecule has 3 aromatic rings. The number of nitro benzene ring substituents is 1. The zero-order valence-electron chi connectivity index (χ0n) is 16.3. The lowest BCUT2D eigenvalue weighted by atomic mass is 10.0. The largest absolute Gasteiger partial charge is 0.350 e. The van der Waals surface area contributed by atoms with Crippen LogP contribution in [0.5, 0.6) is 0 Å². The van der Waals surface area contributed by atoms with E-state index in [1.807, 2.05) is 6.92 Å². The molecule has 1 aliphatic rings. The normalized spacial score (nSPS) is 13.7. The van der Waals surface area contributed by atoms with Crippen LogP contribution in [0.25, 0.3) is 5.57 Å². The molecule has 0 atom stereocenters. The third-order valence-electron chi connectivity index (χ3n) is 4.84. The van der Waals surface area contributed by atoms with Gasteiger partial charge in [0.15, 0.2) is 0 Å². The van der Waals surface area contributed by atoms with E-state index in [0.717, 1.165) is 10.5 Å². The van der Waals surface area contributed by atoms with Gasteiger partial charge < -0.3 is 5.32 Å². The van der Waals surface area contributed by atoms with Crippen molar-refractivity contribution in [3.05, 3.63) is 106 Å². The fourth-order valence-corrected chi connectivity index (χ4v) is 3.30. The summed E-state index contributed by atoms with van der Waals surface area (Å²) in [6.07, 6.45) is 0. The molecule has 0 aromatic heterocycles. The third-order valence-corrected chi connectivity index (χ3v) is 4.84. The molecule has 0 aliphatic carbocycles. The van der Waals surface area contributed by atoms with Gasteiger partial charge in [-0.05, 0) is 55.0 Å². The summed E-state index contributed by atoms with van der Waals surface area (Å²) in [5.41, 5.74) is 1.84. The second-order valence-corrected chi connectivity index (χ2v) is 6.97. The van der Waals surface area contributed by atoms with Gasteiger partial charge in [0, 0.05) is 17.8 Å². The van der Waals surface area contributed by atoms with E-state index in [-0.39, 0.29) is 17.0 Å². The highest BCUT2D eigenvalue weighted by Crippen LogP contribution is 2.34. The monoisotopic (exact) mass is 417 g/mol. The first-order chi connectivity index (χ1) is 14.8. The second-order valence-electron chi connectivity index (χ2n) is 6.97. The van der Waals surface area contributed by atoms with Crippen LogP contribution in [-0.4, -0.2) is 16.7 Å². The van der Waals surface area contributed by atoms with Crippen LogP contribution in [0.15, 0.2) is 78.5 Å². The SMILES string of the molecule is Cc1ccc(N2C(=O)C(Nc3cccc(F)c3)=C(c3ccc([N+](=O)[O-])cc3)C2=O)cc1. The van der Waals surface area contributed by atoms with Crippen molar-refractivity contribution in [2.24, 2.45) is 0 Å². The average molecular weight is 417 g/mol. The summed E-state index contributed by atoms with van der Waals surface area (Å²) in [6, 6.07) is 17.7. The topological polar surface area (TPSA) is 92.6 Å². The molecule has 3 aromatic carbocycles. The molecule has 1 N–H and O–H groups in total. The number of carbonyl (C=O) groups is 2. The van der Waals surface area contributed by atoms with E-state index in [9.17, 15) is 24.1 Å². The molecule has 1 heterocycles. The molecular formula is C23H16FN3O4. The van der Waals surface area contributed by atoms with Gasteiger partial charge in [0.1, 0.15) is 11.5 Å². The van der Waals surface area contributed by atoms with Crippen LogP contribution in [0.3, 0.4) is 0 Å². The molecule has 0 radical (unpaired) electrons. The number of carbonyl (C=O) groups excluding carboxylic acids is 2. The number of nitro groups is 1. The number of amides is 2. The maximum atomic E-state index is 13.7. The number of rotatable bonds is 5. The van der Waals surface area contributed by atoms with Crippen molar-refractivity contribution in [2.45, 2.75) is 6.92 Å². The third kappa shape index (κ3) is 3.78. The van der Waals surface area contributed by atoms with Crippen molar-refractivity contribution in [2.75, 3.05) is 10.2 Å². The average Bonchev–Trinajstić information content (AvgIpc) is 2.98. The minimum atomic E-state index is -0.605. The molecule has 154 valence electrons. The zero-order valence-corrected chi connectivity index (χ0v) is 16.3. The zero-order chi connectivity index (χ0) is 22.1. The molecule has 0 saturated heterocycles. The van der Waals surface area contributed by atoms with Crippen LogP contribution in [0.2, 0.25) is 0 Å². The standard InChI is InChI=1S/C23H16FN3O4/c1-14-5-9-18(10-6-14)26-22(28)20(15-7-11-19(12-8-15)27(30)31)21(23(26)29)25-17-4-2-3-16(24)13-17/h2-13,25H,1H3. The Balaban J connectivity index is 1.82. The van der Waals surface area contributed by atoms with Crippen LogP contribution in [0.1, 0.15) is 11.1 Å². The van der Waals surface area contributed by atoms with Gasteiger partial charge in [-0.15, -0.1) is 0 Å². The van der Waals surface area contributed by atoms with Gasteiger partial charge in [-0.3, -0.25) is 19.7 Å². The van der Waals surface area contributed by atoms with Crippen molar-refractivity contribution in [3.8, 4) is 0 Å². The smallest absolute Gasteiger partial charge is 0.282 e. The Kier molecular flexibility index (Phi) is 5.04. The van der Waals surface area contributed by atoms with E-state index in [1.54, 1.807) is 30.3 Å². The minimum absolute atomic E-state index is 0.0370. The molecule has 8 heteroatoms. The number of imide groups is 1. The number of aryl methyl sites for hydroxylation is 1. The van der Waals surface area contributed by atoms with E-state index in [1.165, 1.54) is 42.5 Å². The van der Waals surface area contributed by atoms with Crippen molar-refractivity contribution < 1.29 is 18.9 Å². The first kappa shape index (κ1) is 20.0. The van der Waals surface area contributed by atoms with Crippen molar-refractivity contribution in [3.63, 3.8) is 0 Å². The van der Waals surface area contributed by atoms with Crippen molar-refractivity contribution in [1.82, 2.24) is 0 Å². The molecule has 2 amide bonds. The van der Waals surface area contributed by atoms with Gasteiger partial charge in [0.2, 0.25) is 0 Å². The Morgan fingerprint density at radius 3 is 2.23 bits per heavy atom. The number of nitrogens with zero attached hydrogens (tertiary/aromatic N) is 2. The Morgan fingerprint density at radius 1 is 0.935 bits per heavy atom. The number of hydrogen-bond acceptors (Lipinski definition) is 5. The van der Waals surface area contributed by atoms with Gasteiger partial charge in [0.05, 0.1) is 16.2 Å². The van der Waals surface area contributed by atoms with Crippen LogP contribution >= 0.6 is 0 Å². The molecule has 1 aliphatic heterocycles. The predicted octanol–water partition coefficient (Wildman–Crippen LogP) is 4.44. The Labute approximate surface area is 176 Å². The van der Waals surface area contributed by atoms with Gasteiger partial charge in [0.25, 0.3) is 17.5 Å². The summed E-state index contributed by atoms with van der Waals surface area (Å²) < 4.78 is 13.7. The van der Waals surface area contributed by atoms with E-state index < -0.39 is 22.6 Å². The number of hydrogen-bond donors (Lipinski definition) is 1. The molecule has 0 fully saturated rings. The Bertz CT molecular complexity index is 1230. The van der Waals surface area contributed by atoms with E-state index >= 15 is 0 Å². The van der Waals surface area contributed by atoms with E-state index in [2.05, 4.69) is 5.32 Å². The molecule has 4 rings (SSSR count). The molecule has 0 unspecified atom stereocenters. The van der Waals surface area contributed by atoms with Crippen LogP contribution in [0.4, 0.5) is 21.5 Å². The Hall–Kier alpha value is -4.33. The van der Waals surface area contributed by atoms with E-state index in [0.29, 0.717) is 16.9 Å². The van der Waals surface area contributed by atoms with Crippen molar-refractivity contribution >= 4 is 34.4 Å². The van der Waals surface area contributed by atoms with Gasteiger partial charge in [-0.2, -0.15) is 0 Å². The fourth-order valence-electron chi connectivity index (χ4n) is 3.30. The fraction of sp³-hybridized carbons (Fsp3) is 0.0435. The van der Waals surface area contributed by atoms with Gasteiger partial charge in [-0.25, -0.2) is 9.29 Å². The highest BCUT2D eigenvalue weighted by Gasteiger charge is 2.40. The molecule has 0 spiro atoms. The second kappa shape index (κ2) is 7.83. The minimum Gasteiger partial charge on any atom is -0.350 e. The maximum absolute atomic E-state index is 13.7. The summed E-state index contributed by atoms with van der Waals surface area (Å²) in [5, 5.41) is 13.8. The number of non-ortho nitro benzene ring substituents is 1. The van der Waals surface area contributed by atoms with Crippen LogP contribution < -0.4 is 10.2 Å². The van der Waals surface area contributed by atoms with Crippen LogP contribution in [0, 0.1) is 22.9 Å². The highest BCUT2D eigenvalue weighted by atomic mass is 19.1. The molecule has 0 bridgehead atoms. The summed E-state index contributed by atoms with van der Waals surface area (Å²) >= 11 is 0. The van der Waals surface area contributed by atoms with Gasteiger partial charge in [-0.1, -0.05) is 23.8 Å². The lowest BCUT2D eigenvalue weighted by molar-refractivity contribution is -0.384. The van der Waals surface area contributed by atoms with Crippen LogP contribution in [-0.2, 0) is 9.59 Å². The number of anilines is 2.